The van der Waals surface area contributed by atoms with Crippen molar-refractivity contribution in [2.24, 2.45) is 0 Å². The zero-order valence-electron chi connectivity index (χ0n) is 9.81. The highest BCUT2D eigenvalue weighted by Gasteiger charge is 2.15. The third kappa shape index (κ3) is 4.29. The molecule has 0 aromatic heterocycles. The lowest BCUT2D eigenvalue weighted by Gasteiger charge is -2.10. The van der Waals surface area contributed by atoms with Crippen LogP contribution in [-0.4, -0.2) is 32.3 Å². The van der Waals surface area contributed by atoms with Gasteiger partial charge in [0.2, 0.25) is 0 Å². The fraction of sp³-hybridized carbons (Fsp3) is 0.364. The Balaban J connectivity index is 2.84. The zero-order chi connectivity index (χ0) is 13.8. The van der Waals surface area contributed by atoms with Crippen LogP contribution in [0.15, 0.2) is 23.1 Å². The van der Waals surface area contributed by atoms with Crippen LogP contribution in [0, 0.1) is 0 Å². The molecule has 0 heterocycles. The summed E-state index contributed by atoms with van der Waals surface area (Å²) in [6, 6.07) is 4.65. The Morgan fingerprint density at radius 1 is 1.44 bits per heavy atom. The highest BCUT2D eigenvalue weighted by atomic mass is 35.5. The average Bonchev–Trinajstić information content (AvgIpc) is 2.24. The van der Waals surface area contributed by atoms with Gasteiger partial charge in [0.1, 0.15) is 0 Å². The fourth-order valence-electron chi connectivity index (χ4n) is 1.47. The van der Waals surface area contributed by atoms with E-state index in [2.05, 4.69) is 5.32 Å². The van der Waals surface area contributed by atoms with Gasteiger partial charge in [0.05, 0.1) is 11.3 Å². The Bertz CT molecular complexity index is 542. The summed E-state index contributed by atoms with van der Waals surface area (Å²) in [5.41, 5.74) is 0.465. The predicted molar refractivity (Wildman–Crippen MR) is 68.5 cm³/mol. The molecule has 100 valence electrons. The molecule has 18 heavy (non-hydrogen) atoms. The summed E-state index contributed by atoms with van der Waals surface area (Å²) in [7, 11) is -3.35. The molecule has 0 bridgehead atoms. The van der Waals surface area contributed by atoms with Gasteiger partial charge in [-0.15, -0.1) is 0 Å². The highest BCUT2D eigenvalue weighted by Crippen LogP contribution is 2.23. The zero-order valence-corrected chi connectivity index (χ0v) is 11.4. The highest BCUT2D eigenvalue weighted by molar-refractivity contribution is 7.90. The predicted octanol–water partition coefficient (Wildman–Crippen LogP) is 1.31. The molecule has 0 spiro atoms. The minimum absolute atomic E-state index is 0.0291. The van der Waals surface area contributed by atoms with Crippen molar-refractivity contribution in [2.45, 2.75) is 17.9 Å². The van der Waals surface area contributed by atoms with E-state index in [-0.39, 0.29) is 24.4 Å². The van der Waals surface area contributed by atoms with Crippen LogP contribution in [0.2, 0.25) is 5.02 Å². The van der Waals surface area contributed by atoms with E-state index in [1.54, 1.807) is 12.1 Å². The summed E-state index contributed by atoms with van der Waals surface area (Å²) in [6.07, 6.45) is 1.08. The normalized spacial score (nSPS) is 11.4. The molecule has 2 N–H and O–H groups in total. The Labute approximate surface area is 111 Å². The number of carboxylic acids is 1. The van der Waals surface area contributed by atoms with Crippen LogP contribution < -0.4 is 5.32 Å². The molecule has 7 heteroatoms. The third-order valence-electron chi connectivity index (χ3n) is 2.29. The molecule has 0 fully saturated rings. The SMILES string of the molecule is CS(=O)(=O)c1cccc(Cl)c1CNCCC(=O)O. The van der Waals surface area contributed by atoms with Crippen molar-refractivity contribution in [3.05, 3.63) is 28.8 Å². The molecular formula is C11H14ClNO4S. The van der Waals surface area contributed by atoms with E-state index in [4.69, 9.17) is 16.7 Å². The molecule has 0 saturated carbocycles. The van der Waals surface area contributed by atoms with E-state index < -0.39 is 15.8 Å². The molecule has 0 aliphatic heterocycles. The van der Waals surface area contributed by atoms with E-state index in [1.165, 1.54) is 6.07 Å². The quantitative estimate of drug-likeness (QED) is 0.772. The second-order valence-electron chi connectivity index (χ2n) is 3.81. The number of benzene rings is 1. The van der Waals surface area contributed by atoms with Crippen LogP contribution >= 0.6 is 11.6 Å². The van der Waals surface area contributed by atoms with Crippen LogP contribution in [-0.2, 0) is 21.2 Å². The summed E-state index contributed by atoms with van der Waals surface area (Å²) in [4.78, 5) is 10.5. The molecule has 1 aromatic rings. The van der Waals surface area contributed by atoms with Crippen LogP contribution in [0.3, 0.4) is 0 Å². The van der Waals surface area contributed by atoms with Crippen molar-refractivity contribution >= 4 is 27.4 Å². The maximum atomic E-state index is 11.6. The van der Waals surface area contributed by atoms with E-state index in [1.807, 2.05) is 0 Å². The third-order valence-corrected chi connectivity index (χ3v) is 3.83. The van der Waals surface area contributed by atoms with E-state index in [0.29, 0.717) is 10.6 Å². The van der Waals surface area contributed by atoms with Gasteiger partial charge in [-0.05, 0) is 12.1 Å². The summed E-state index contributed by atoms with van der Waals surface area (Å²) >= 11 is 5.96. The first-order valence-corrected chi connectivity index (χ1v) is 7.49. The average molecular weight is 292 g/mol. The number of halogens is 1. The Kier molecular flexibility index (Phi) is 5.13. The lowest BCUT2D eigenvalue weighted by molar-refractivity contribution is -0.136. The molecule has 0 amide bonds. The van der Waals surface area contributed by atoms with Crippen LogP contribution in [0.1, 0.15) is 12.0 Å². The number of rotatable bonds is 6. The molecule has 0 unspecified atom stereocenters. The number of sulfone groups is 1. The van der Waals surface area contributed by atoms with Crippen molar-refractivity contribution in [3.63, 3.8) is 0 Å². The summed E-state index contributed by atoms with van der Waals surface area (Å²) in [6.45, 7) is 0.471. The lowest BCUT2D eigenvalue weighted by atomic mass is 10.2. The van der Waals surface area contributed by atoms with Crippen molar-refractivity contribution < 1.29 is 18.3 Å². The topological polar surface area (TPSA) is 83.5 Å². The second kappa shape index (κ2) is 6.17. The van der Waals surface area contributed by atoms with Crippen molar-refractivity contribution in [2.75, 3.05) is 12.8 Å². The minimum atomic E-state index is -3.35. The fourth-order valence-corrected chi connectivity index (χ4v) is 2.72. The standard InChI is InChI=1S/C11H14ClNO4S/c1-18(16,17)10-4-2-3-9(12)8(10)7-13-6-5-11(14)15/h2-4,13H,5-7H2,1H3,(H,14,15). The number of nitrogens with one attached hydrogen (secondary N) is 1. The smallest absolute Gasteiger partial charge is 0.304 e. The maximum absolute atomic E-state index is 11.6. The molecule has 0 aliphatic rings. The Morgan fingerprint density at radius 2 is 2.11 bits per heavy atom. The van der Waals surface area contributed by atoms with Crippen LogP contribution in [0.4, 0.5) is 0 Å². The van der Waals surface area contributed by atoms with Gasteiger partial charge in [-0.1, -0.05) is 17.7 Å². The van der Waals surface area contributed by atoms with Gasteiger partial charge in [0, 0.05) is 29.9 Å². The number of carbonyl (C=O) groups is 1. The first kappa shape index (κ1) is 14.9. The van der Waals surface area contributed by atoms with E-state index in [9.17, 15) is 13.2 Å². The second-order valence-corrected chi connectivity index (χ2v) is 6.20. The molecule has 0 aliphatic carbocycles. The maximum Gasteiger partial charge on any atom is 0.304 e. The molecular weight excluding hydrogens is 278 g/mol. The van der Waals surface area contributed by atoms with Gasteiger partial charge >= 0.3 is 5.97 Å². The summed E-state index contributed by atoms with van der Waals surface area (Å²) in [5, 5.41) is 11.7. The largest absolute Gasteiger partial charge is 0.481 e. The number of aliphatic carboxylic acids is 1. The molecule has 0 radical (unpaired) electrons. The number of hydrogen-bond acceptors (Lipinski definition) is 4. The molecule has 0 saturated heterocycles. The number of hydrogen-bond donors (Lipinski definition) is 2. The monoisotopic (exact) mass is 291 g/mol. The Hall–Kier alpha value is -1.11. The summed E-state index contributed by atoms with van der Waals surface area (Å²) in [5.74, 6) is -0.912. The van der Waals surface area contributed by atoms with Gasteiger partial charge in [-0.25, -0.2) is 8.42 Å². The van der Waals surface area contributed by atoms with Crippen molar-refractivity contribution in [3.8, 4) is 0 Å². The van der Waals surface area contributed by atoms with Crippen LogP contribution in [0.5, 0.6) is 0 Å². The van der Waals surface area contributed by atoms with Gasteiger partial charge < -0.3 is 10.4 Å². The summed E-state index contributed by atoms with van der Waals surface area (Å²) < 4.78 is 23.1. The van der Waals surface area contributed by atoms with Gasteiger partial charge in [0.15, 0.2) is 9.84 Å². The first-order valence-electron chi connectivity index (χ1n) is 5.22. The molecule has 5 nitrogen and oxygen atoms in total. The van der Waals surface area contributed by atoms with Crippen molar-refractivity contribution in [1.29, 1.82) is 0 Å². The molecule has 1 rings (SSSR count). The van der Waals surface area contributed by atoms with E-state index in [0.717, 1.165) is 6.26 Å². The first-order chi connectivity index (χ1) is 8.32. The van der Waals surface area contributed by atoms with Crippen molar-refractivity contribution in [1.82, 2.24) is 5.32 Å². The van der Waals surface area contributed by atoms with Gasteiger partial charge in [-0.2, -0.15) is 0 Å². The lowest BCUT2D eigenvalue weighted by Crippen LogP contribution is -2.19. The van der Waals surface area contributed by atoms with E-state index >= 15 is 0 Å². The van der Waals surface area contributed by atoms with Gasteiger partial charge in [-0.3, -0.25) is 4.79 Å². The number of carboxylic acid groups (broad SMARTS) is 1. The van der Waals surface area contributed by atoms with Crippen LogP contribution in [0.25, 0.3) is 0 Å². The molecule has 1 aromatic carbocycles. The van der Waals surface area contributed by atoms with Gasteiger partial charge in [0.25, 0.3) is 0 Å². The molecule has 0 atom stereocenters. The minimum Gasteiger partial charge on any atom is -0.481 e. The Morgan fingerprint density at radius 3 is 2.67 bits per heavy atom.